The number of rotatable bonds is 7. The van der Waals surface area contributed by atoms with Crippen LogP contribution in [0.15, 0.2) is 0 Å². The van der Waals surface area contributed by atoms with Crippen molar-refractivity contribution in [2.45, 2.75) is 33.8 Å². The molecule has 0 spiro atoms. The monoisotopic (exact) mass is 260 g/mol. The summed E-state index contributed by atoms with van der Waals surface area (Å²) in [6.45, 7) is 8.96. The highest BCUT2D eigenvalue weighted by molar-refractivity contribution is 5.76. The molecule has 0 radical (unpaired) electrons. The molecule has 0 rings (SSSR count). The van der Waals surface area contributed by atoms with Gasteiger partial charge < -0.3 is 20.4 Å². The molecule has 3 N–H and O–H groups in total. The molecule has 0 saturated carbocycles. The van der Waals surface area contributed by atoms with Crippen LogP contribution in [0.1, 0.15) is 27.7 Å². The van der Waals surface area contributed by atoms with Crippen molar-refractivity contribution in [3.8, 4) is 0 Å². The van der Waals surface area contributed by atoms with Crippen molar-refractivity contribution in [1.29, 1.82) is 0 Å². The van der Waals surface area contributed by atoms with Gasteiger partial charge in [0, 0.05) is 13.1 Å². The van der Waals surface area contributed by atoms with Crippen molar-refractivity contribution >= 4 is 12.0 Å². The number of carboxylic acids is 1. The molecular formula is C12H24N2O4. The van der Waals surface area contributed by atoms with Crippen molar-refractivity contribution in [3.63, 3.8) is 0 Å². The third-order valence-corrected chi connectivity index (χ3v) is 2.19. The summed E-state index contributed by atoms with van der Waals surface area (Å²) in [6, 6.07) is -0.335. The lowest BCUT2D eigenvalue weighted by molar-refractivity contribution is -0.146. The van der Waals surface area contributed by atoms with E-state index in [0.717, 1.165) is 0 Å². The Morgan fingerprint density at radius 3 is 1.89 bits per heavy atom. The molecule has 6 nitrogen and oxygen atoms in total. The largest absolute Gasteiger partial charge is 0.479 e. The van der Waals surface area contributed by atoms with E-state index in [0.29, 0.717) is 24.9 Å². The second-order valence-electron chi connectivity index (χ2n) is 5.23. The summed E-state index contributed by atoms with van der Waals surface area (Å²) in [5.41, 5.74) is 0. The number of urea groups is 1. The summed E-state index contributed by atoms with van der Waals surface area (Å²) in [5.74, 6) is -0.674. The normalized spacial score (nSPS) is 12.6. The number of aliphatic hydroxyl groups excluding tert-OH is 1. The second kappa shape index (κ2) is 7.92. The number of carboxylic acid groups (broad SMARTS) is 1. The number of carbonyl (C=O) groups is 2. The Hall–Kier alpha value is -1.30. The fourth-order valence-corrected chi connectivity index (χ4v) is 1.51. The molecule has 0 aliphatic rings. The van der Waals surface area contributed by atoms with Crippen LogP contribution in [-0.2, 0) is 4.79 Å². The van der Waals surface area contributed by atoms with Crippen LogP contribution in [0.3, 0.4) is 0 Å². The van der Waals surface area contributed by atoms with Gasteiger partial charge in [-0.2, -0.15) is 0 Å². The molecular weight excluding hydrogens is 236 g/mol. The molecule has 0 saturated heterocycles. The Labute approximate surface area is 108 Å². The van der Waals surface area contributed by atoms with E-state index in [-0.39, 0.29) is 12.6 Å². The molecule has 18 heavy (non-hydrogen) atoms. The van der Waals surface area contributed by atoms with Gasteiger partial charge in [-0.15, -0.1) is 0 Å². The number of aliphatic carboxylic acids is 1. The van der Waals surface area contributed by atoms with Gasteiger partial charge in [0.25, 0.3) is 0 Å². The Morgan fingerprint density at radius 1 is 1.11 bits per heavy atom. The third-order valence-electron chi connectivity index (χ3n) is 2.19. The van der Waals surface area contributed by atoms with Gasteiger partial charge in [-0.25, -0.2) is 9.59 Å². The first-order valence-electron chi connectivity index (χ1n) is 6.17. The number of nitrogens with zero attached hydrogens (tertiary/aromatic N) is 1. The third kappa shape index (κ3) is 7.11. The van der Waals surface area contributed by atoms with E-state index in [2.05, 4.69) is 5.32 Å². The van der Waals surface area contributed by atoms with Gasteiger partial charge >= 0.3 is 12.0 Å². The van der Waals surface area contributed by atoms with Crippen molar-refractivity contribution in [2.75, 3.05) is 19.6 Å². The highest BCUT2D eigenvalue weighted by atomic mass is 16.4. The van der Waals surface area contributed by atoms with Crippen molar-refractivity contribution < 1.29 is 19.8 Å². The van der Waals surface area contributed by atoms with Gasteiger partial charge in [0.15, 0.2) is 6.10 Å². The lowest BCUT2D eigenvalue weighted by Gasteiger charge is -2.26. The standard InChI is InChI=1S/C12H24N2O4/c1-8(2)6-14(7-9(3)4)12(18)13-5-10(15)11(16)17/h8-10,15H,5-7H2,1-4H3,(H,13,18)(H,16,17)/t10-/m0/s1. The Bertz CT molecular complexity index is 269. The molecule has 2 amide bonds. The summed E-state index contributed by atoms with van der Waals surface area (Å²) < 4.78 is 0. The summed E-state index contributed by atoms with van der Waals surface area (Å²) in [4.78, 5) is 23.9. The van der Waals surface area contributed by atoms with Crippen LogP contribution in [0, 0.1) is 11.8 Å². The van der Waals surface area contributed by atoms with E-state index in [1.54, 1.807) is 4.90 Å². The highest BCUT2D eigenvalue weighted by Crippen LogP contribution is 2.04. The maximum absolute atomic E-state index is 11.9. The second-order valence-corrected chi connectivity index (χ2v) is 5.23. The molecule has 0 aliphatic heterocycles. The van der Waals surface area contributed by atoms with Crippen LogP contribution >= 0.6 is 0 Å². The van der Waals surface area contributed by atoms with Gasteiger partial charge in [0.05, 0.1) is 6.54 Å². The van der Waals surface area contributed by atoms with E-state index in [4.69, 9.17) is 10.2 Å². The SMILES string of the molecule is CC(C)CN(CC(C)C)C(=O)NC[C@H](O)C(=O)O. The molecule has 6 heteroatoms. The lowest BCUT2D eigenvalue weighted by Crippen LogP contribution is -2.46. The average molecular weight is 260 g/mol. The minimum atomic E-state index is -1.56. The molecule has 0 fully saturated rings. The maximum atomic E-state index is 11.9. The Morgan fingerprint density at radius 2 is 1.56 bits per heavy atom. The highest BCUT2D eigenvalue weighted by Gasteiger charge is 2.19. The summed E-state index contributed by atoms with van der Waals surface area (Å²) in [5, 5.41) is 20.0. The predicted molar refractivity (Wildman–Crippen MR) is 68.3 cm³/mol. The average Bonchev–Trinajstić information content (AvgIpc) is 2.22. The van der Waals surface area contributed by atoms with E-state index >= 15 is 0 Å². The number of hydrogen-bond acceptors (Lipinski definition) is 3. The van der Waals surface area contributed by atoms with Gasteiger partial charge in [-0.1, -0.05) is 27.7 Å². The van der Waals surface area contributed by atoms with Gasteiger partial charge in [0.1, 0.15) is 0 Å². The number of amides is 2. The van der Waals surface area contributed by atoms with E-state index in [1.165, 1.54) is 0 Å². The molecule has 1 atom stereocenters. The van der Waals surface area contributed by atoms with Gasteiger partial charge in [-0.05, 0) is 11.8 Å². The summed E-state index contributed by atoms with van der Waals surface area (Å²) in [7, 11) is 0. The zero-order valence-corrected chi connectivity index (χ0v) is 11.5. The fourth-order valence-electron chi connectivity index (χ4n) is 1.51. The first-order valence-corrected chi connectivity index (χ1v) is 6.17. The molecule has 106 valence electrons. The molecule has 0 bridgehead atoms. The minimum Gasteiger partial charge on any atom is -0.479 e. The zero-order valence-electron chi connectivity index (χ0n) is 11.5. The van der Waals surface area contributed by atoms with Crippen molar-refractivity contribution in [3.05, 3.63) is 0 Å². The quantitative estimate of drug-likeness (QED) is 0.630. The van der Waals surface area contributed by atoms with Crippen molar-refractivity contribution in [1.82, 2.24) is 10.2 Å². The van der Waals surface area contributed by atoms with E-state index in [9.17, 15) is 9.59 Å². The predicted octanol–water partition coefficient (Wildman–Crippen LogP) is 0.755. The minimum absolute atomic E-state index is 0.277. The summed E-state index contributed by atoms with van der Waals surface area (Å²) >= 11 is 0. The first kappa shape index (κ1) is 16.7. The number of hydrogen-bond donors (Lipinski definition) is 3. The first-order chi connectivity index (χ1) is 8.23. The molecule has 0 unspecified atom stereocenters. The molecule has 0 aromatic rings. The van der Waals surface area contributed by atoms with E-state index in [1.807, 2.05) is 27.7 Å². The van der Waals surface area contributed by atoms with Crippen LogP contribution in [0.5, 0.6) is 0 Å². The van der Waals surface area contributed by atoms with Crippen molar-refractivity contribution in [2.24, 2.45) is 11.8 Å². The van der Waals surface area contributed by atoms with Gasteiger partial charge in [-0.3, -0.25) is 0 Å². The number of aliphatic hydroxyl groups is 1. The van der Waals surface area contributed by atoms with Crippen LogP contribution in [-0.4, -0.2) is 52.9 Å². The maximum Gasteiger partial charge on any atom is 0.334 e. The molecule has 0 aliphatic carbocycles. The fraction of sp³-hybridized carbons (Fsp3) is 0.833. The van der Waals surface area contributed by atoms with Crippen LogP contribution in [0.2, 0.25) is 0 Å². The molecule has 0 aromatic carbocycles. The lowest BCUT2D eigenvalue weighted by atomic mass is 10.1. The van der Waals surface area contributed by atoms with Crippen LogP contribution < -0.4 is 5.32 Å². The number of carbonyl (C=O) groups excluding carboxylic acids is 1. The van der Waals surface area contributed by atoms with E-state index < -0.39 is 12.1 Å². The molecule has 0 heterocycles. The topological polar surface area (TPSA) is 89.9 Å². The number of nitrogens with one attached hydrogen (secondary N) is 1. The molecule has 0 aromatic heterocycles. The Balaban J connectivity index is 4.32. The van der Waals surface area contributed by atoms with Crippen LogP contribution in [0.25, 0.3) is 0 Å². The zero-order chi connectivity index (χ0) is 14.3. The summed E-state index contributed by atoms with van der Waals surface area (Å²) in [6.07, 6.45) is -1.56. The van der Waals surface area contributed by atoms with Gasteiger partial charge in [0.2, 0.25) is 0 Å². The van der Waals surface area contributed by atoms with Crippen LogP contribution in [0.4, 0.5) is 4.79 Å². The smallest absolute Gasteiger partial charge is 0.334 e. The Kier molecular flexibility index (Phi) is 7.35.